The van der Waals surface area contributed by atoms with E-state index in [4.69, 9.17) is 0 Å². The molecule has 0 bridgehead atoms. The quantitative estimate of drug-likeness (QED) is 0.605. The summed E-state index contributed by atoms with van der Waals surface area (Å²) in [5.74, 6) is -0.889. The van der Waals surface area contributed by atoms with Crippen LogP contribution >= 0.6 is 0 Å². The Morgan fingerprint density at radius 3 is 2.39 bits per heavy atom. The average molecular weight is 383 g/mol. The van der Waals surface area contributed by atoms with Gasteiger partial charge in [-0.05, 0) is 57.4 Å². The van der Waals surface area contributed by atoms with Crippen LogP contribution in [-0.2, 0) is 4.79 Å². The van der Waals surface area contributed by atoms with Crippen molar-refractivity contribution in [3.63, 3.8) is 0 Å². The second kappa shape index (κ2) is 10.2. The summed E-state index contributed by atoms with van der Waals surface area (Å²) < 4.78 is 0. The Morgan fingerprint density at radius 2 is 1.71 bits per heavy atom. The molecule has 8 nitrogen and oxygen atoms in total. The SMILES string of the molecule is CC(=O)Nc1cccc(NC(=O)c2cc(C(=O)NCCCN(C)C)ccn2)c1. The maximum absolute atomic E-state index is 12.5. The highest BCUT2D eigenvalue weighted by Crippen LogP contribution is 2.16. The van der Waals surface area contributed by atoms with Crippen molar-refractivity contribution in [3.8, 4) is 0 Å². The summed E-state index contributed by atoms with van der Waals surface area (Å²) in [4.78, 5) is 41.9. The normalized spacial score (nSPS) is 10.4. The van der Waals surface area contributed by atoms with Crippen LogP contribution in [0.4, 0.5) is 11.4 Å². The molecule has 1 heterocycles. The van der Waals surface area contributed by atoms with Crippen molar-refractivity contribution >= 4 is 29.1 Å². The monoisotopic (exact) mass is 383 g/mol. The van der Waals surface area contributed by atoms with E-state index in [0.717, 1.165) is 13.0 Å². The van der Waals surface area contributed by atoms with Gasteiger partial charge in [-0.2, -0.15) is 0 Å². The lowest BCUT2D eigenvalue weighted by molar-refractivity contribution is -0.114. The lowest BCUT2D eigenvalue weighted by Gasteiger charge is -2.10. The summed E-state index contributed by atoms with van der Waals surface area (Å²) in [5.41, 5.74) is 1.59. The van der Waals surface area contributed by atoms with Crippen LogP contribution in [-0.4, -0.2) is 54.8 Å². The molecule has 2 aromatic rings. The molecule has 0 aliphatic heterocycles. The minimum atomic E-state index is -0.442. The number of nitrogens with one attached hydrogen (secondary N) is 3. The van der Waals surface area contributed by atoms with Crippen molar-refractivity contribution in [3.05, 3.63) is 53.9 Å². The maximum Gasteiger partial charge on any atom is 0.274 e. The van der Waals surface area contributed by atoms with Crippen LogP contribution in [0.5, 0.6) is 0 Å². The maximum atomic E-state index is 12.5. The van der Waals surface area contributed by atoms with Crippen molar-refractivity contribution in [2.75, 3.05) is 37.8 Å². The number of hydrogen-bond acceptors (Lipinski definition) is 5. The molecule has 0 radical (unpaired) electrons. The molecule has 0 saturated carbocycles. The van der Waals surface area contributed by atoms with E-state index in [1.165, 1.54) is 19.2 Å². The molecule has 3 N–H and O–H groups in total. The zero-order valence-electron chi connectivity index (χ0n) is 16.3. The number of anilines is 2. The predicted octanol–water partition coefficient (Wildman–Crippen LogP) is 1.97. The molecule has 28 heavy (non-hydrogen) atoms. The van der Waals surface area contributed by atoms with Gasteiger partial charge in [0.15, 0.2) is 0 Å². The third kappa shape index (κ3) is 6.81. The average Bonchev–Trinajstić information content (AvgIpc) is 2.64. The minimum Gasteiger partial charge on any atom is -0.352 e. The summed E-state index contributed by atoms with van der Waals surface area (Å²) in [6.45, 7) is 2.84. The fourth-order valence-corrected chi connectivity index (χ4v) is 2.47. The second-order valence-electron chi connectivity index (χ2n) is 6.56. The van der Waals surface area contributed by atoms with Crippen LogP contribution in [0.2, 0.25) is 0 Å². The largest absolute Gasteiger partial charge is 0.352 e. The van der Waals surface area contributed by atoms with Gasteiger partial charge in [0, 0.05) is 36.6 Å². The first kappa shape index (κ1) is 21.0. The van der Waals surface area contributed by atoms with Gasteiger partial charge in [-0.3, -0.25) is 19.4 Å². The molecule has 0 spiro atoms. The number of carbonyl (C=O) groups is 3. The molecule has 3 amide bonds. The zero-order chi connectivity index (χ0) is 20.5. The number of hydrogen-bond donors (Lipinski definition) is 3. The molecule has 148 valence electrons. The topological polar surface area (TPSA) is 103 Å². The smallest absolute Gasteiger partial charge is 0.274 e. The number of benzene rings is 1. The van der Waals surface area contributed by atoms with Crippen LogP contribution in [0.1, 0.15) is 34.2 Å². The fourth-order valence-electron chi connectivity index (χ4n) is 2.47. The summed E-state index contributed by atoms with van der Waals surface area (Å²) in [7, 11) is 3.95. The molecule has 0 unspecified atom stereocenters. The Balaban J connectivity index is 2.00. The van der Waals surface area contributed by atoms with Crippen molar-refractivity contribution in [2.45, 2.75) is 13.3 Å². The second-order valence-corrected chi connectivity index (χ2v) is 6.56. The van der Waals surface area contributed by atoms with Crippen LogP contribution in [0.3, 0.4) is 0 Å². The molecule has 0 atom stereocenters. The lowest BCUT2D eigenvalue weighted by Crippen LogP contribution is -2.27. The molecule has 0 aliphatic carbocycles. The van der Waals surface area contributed by atoms with Gasteiger partial charge < -0.3 is 20.9 Å². The third-order valence-corrected chi connectivity index (χ3v) is 3.76. The fraction of sp³-hybridized carbons (Fsp3) is 0.300. The Labute approximate surface area is 164 Å². The van der Waals surface area contributed by atoms with Gasteiger partial charge >= 0.3 is 0 Å². The van der Waals surface area contributed by atoms with Crippen LogP contribution in [0.15, 0.2) is 42.6 Å². The Bertz CT molecular complexity index is 851. The summed E-state index contributed by atoms with van der Waals surface area (Å²) >= 11 is 0. The number of aromatic nitrogens is 1. The zero-order valence-corrected chi connectivity index (χ0v) is 16.3. The lowest BCUT2D eigenvalue weighted by atomic mass is 10.2. The molecule has 1 aromatic carbocycles. The van der Waals surface area contributed by atoms with Crippen molar-refractivity contribution < 1.29 is 14.4 Å². The van der Waals surface area contributed by atoms with Crippen molar-refractivity contribution in [1.29, 1.82) is 0 Å². The van der Waals surface area contributed by atoms with Gasteiger partial charge in [-0.25, -0.2) is 0 Å². The summed E-state index contributed by atoms with van der Waals surface area (Å²) in [6, 6.07) is 9.79. The molecule has 1 aromatic heterocycles. The number of rotatable bonds is 8. The predicted molar refractivity (Wildman–Crippen MR) is 108 cm³/mol. The van der Waals surface area contributed by atoms with Crippen LogP contribution in [0, 0.1) is 0 Å². The highest BCUT2D eigenvalue weighted by atomic mass is 16.2. The standard InChI is InChI=1S/C20H25N5O3/c1-14(26)23-16-6-4-7-17(13-16)24-20(28)18-12-15(8-10-21-18)19(27)22-9-5-11-25(2)3/h4,6-8,10,12-13H,5,9,11H2,1-3H3,(H,22,27)(H,23,26)(H,24,28). The van der Waals surface area contributed by atoms with Crippen molar-refractivity contribution in [1.82, 2.24) is 15.2 Å². The van der Waals surface area contributed by atoms with Gasteiger partial charge in [0.25, 0.3) is 11.8 Å². The molecule has 0 saturated heterocycles. The van der Waals surface area contributed by atoms with E-state index >= 15 is 0 Å². The van der Waals surface area contributed by atoms with E-state index in [9.17, 15) is 14.4 Å². The summed E-state index contributed by atoms with van der Waals surface area (Å²) in [6.07, 6.45) is 2.26. The number of pyridine rings is 1. The number of nitrogens with zero attached hydrogens (tertiary/aromatic N) is 2. The molecular weight excluding hydrogens is 358 g/mol. The first-order valence-corrected chi connectivity index (χ1v) is 8.93. The minimum absolute atomic E-state index is 0.130. The number of carbonyl (C=O) groups excluding carboxylic acids is 3. The Morgan fingerprint density at radius 1 is 1.00 bits per heavy atom. The van der Waals surface area contributed by atoms with Gasteiger partial charge in [-0.1, -0.05) is 6.07 Å². The van der Waals surface area contributed by atoms with Gasteiger partial charge in [0.1, 0.15) is 5.69 Å². The molecule has 0 aliphatic rings. The van der Waals surface area contributed by atoms with E-state index < -0.39 is 5.91 Å². The van der Waals surface area contributed by atoms with Gasteiger partial charge in [0.2, 0.25) is 5.91 Å². The highest BCUT2D eigenvalue weighted by Gasteiger charge is 2.12. The van der Waals surface area contributed by atoms with Crippen LogP contribution < -0.4 is 16.0 Å². The molecule has 0 fully saturated rings. The molecular formula is C20H25N5O3. The van der Waals surface area contributed by atoms with Crippen LogP contribution in [0.25, 0.3) is 0 Å². The van der Waals surface area contributed by atoms with E-state index in [-0.39, 0.29) is 17.5 Å². The Hall–Kier alpha value is -3.26. The third-order valence-electron chi connectivity index (χ3n) is 3.76. The Kier molecular flexibility index (Phi) is 7.65. The number of amides is 3. The molecule has 2 rings (SSSR count). The van der Waals surface area contributed by atoms with E-state index in [0.29, 0.717) is 23.5 Å². The van der Waals surface area contributed by atoms with E-state index in [1.54, 1.807) is 30.3 Å². The summed E-state index contributed by atoms with van der Waals surface area (Å²) in [5, 5.41) is 8.20. The highest BCUT2D eigenvalue weighted by molar-refractivity contribution is 6.05. The van der Waals surface area contributed by atoms with Gasteiger partial charge in [0.05, 0.1) is 0 Å². The first-order valence-electron chi connectivity index (χ1n) is 8.93. The first-order chi connectivity index (χ1) is 13.3. The van der Waals surface area contributed by atoms with E-state index in [1.807, 2.05) is 19.0 Å². The van der Waals surface area contributed by atoms with Crippen molar-refractivity contribution in [2.24, 2.45) is 0 Å². The van der Waals surface area contributed by atoms with E-state index in [2.05, 4.69) is 20.9 Å². The van der Waals surface area contributed by atoms with Gasteiger partial charge in [-0.15, -0.1) is 0 Å². The molecule has 8 heteroatoms.